The largest absolute Gasteiger partial charge is 0.466 e. The number of carbonyl (C=O) groups is 1. The van der Waals surface area contributed by atoms with Crippen LogP contribution in [-0.2, 0) is 14.3 Å². The molecule has 0 amide bonds. The molecule has 5 nitrogen and oxygen atoms in total. The number of nitrogens with one attached hydrogen (secondary N) is 1. The van der Waals surface area contributed by atoms with Crippen LogP contribution in [0.4, 0.5) is 0 Å². The van der Waals surface area contributed by atoms with Crippen molar-refractivity contribution in [1.82, 2.24) is 5.32 Å². The third-order valence-corrected chi connectivity index (χ3v) is 4.65. The third kappa shape index (κ3) is 3.71. The molecule has 1 saturated heterocycles. The average molecular weight is 285 g/mol. The lowest BCUT2D eigenvalue weighted by molar-refractivity contribution is -0.149. The van der Waals surface area contributed by atoms with E-state index in [1.54, 1.807) is 0 Å². The highest BCUT2D eigenvalue weighted by atomic mass is 16.5. The van der Waals surface area contributed by atoms with Crippen LogP contribution in [0.5, 0.6) is 0 Å². The minimum absolute atomic E-state index is 0.00749. The first-order valence-corrected chi connectivity index (χ1v) is 7.79. The van der Waals surface area contributed by atoms with E-state index in [2.05, 4.69) is 5.32 Å². The van der Waals surface area contributed by atoms with Gasteiger partial charge < -0.3 is 19.9 Å². The number of esters is 1. The Morgan fingerprint density at radius 1 is 1.50 bits per heavy atom. The number of rotatable bonds is 5. The van der Waals surface area contributed by atoms with E-state index in [9.17, 15) is 9.90 Å². The lowest BCUT2D eigenvalue weighted by atomic mass is 9.85. The van der Waals surface area contributed by atoms with Crippen molar-refractivity contribution in [2.45, 2.75) is 63.7 Å². The van der Waals surface area contributed by atoms with Crippen molar-refractivity contribution in [1.29, 1.82) is 0 Å². The Morgan fingerprint density at radius 3 is 2.95 bits per heavy atom. The minimum Gasteiger partial charge on any atom is -0.466 e. The van der Waals surface area contributed by atoms with Crippen LogP contribution in [0.25, 0.3) is 0 Å². The number of carbonyl (C=O) groups excluding carboxylic acids is 1. The van der Waals surface area contributed by atoms with Crippen LogP contribution in [-0.4, -0.2) is 48.6 Å². The summed E-state index contributed by atoms with van der Waals surface area (Å²) in [4.78, 5) is 11.8. The summed E-state index contributed by atoms with van der Waals surface area (Å²) in [5.74, 6) is -0.0663. The fraction of sp³-hybridized carbons (Fsp3) is 0.933. The Kier molecular flexibility index (Phi) is 5.41. The molecule has 20 heavy (non-hydrogen) atoms. The first-order valence-electron chi connectivity index (χ1n) is 7.79. The van der Waals surface area contributed by atoms with Crippen molar-refractivity contribution in [3.05, 3.63) is 0 Å². The standard InChI is InChI=1S/C15H27NO4/c1-3-19-14(17)12-5-4-6-13(9-12)16-10-15(18)7-8-20-11(15)2/h11-13,16,18H,3-10H2,1-2H3. The van der Waals surface area contributed by atoms with Gasteiger partial charge in [-0.25, -0.2) is 0 Å². The number of hydrogen-bond acceptors (Lipinski definition) is 5. The van der Waals surface area contributed by atoms with E-state index in [1.807, 2.05) is 13.8 Å². The SMILES string of the molecule is CCOC(=O)C1CCCC(NCC2(O)CCOC2C)C1. The summed E-state index contributed by atoms with van der Waals surface area (Å²) in [6.45, 7) is 5.36. The zero-order chi connectivity index (χ0) is 14.6. The monoisotopic (exact) mass is 285 g/mol. The zero-order valence-electron chi connectivity index (χ0n) is 12.6. The van der Waals surface area contributed by atoms with Crippen LogP contribution in [0.2, 0.25) is 0 Å². The molecule has 2 aliphatic rings. The molecule has 0 aromatic rings. The Balaban J connectivity index is 1.79. The minimum atomic E-state index is -0.767. The Bertz CT molecular complexity index is 336. The van der Waals surface area contributed by atoms with Gasteiger partial charge in [0, 0.05) is 25.6 Å². The van der Waals surface area contributed by atoms with Crippen LogP contribution in [0.3, 0.4) is 0 Å². The van der Waals surface area contributed by atoms with E-state index < -0.39 is 5.60 Å². The molecule has 2 N–H and O–H groups in total. The second kappa shape index (κ2) is 6.87. The normalized spacial score (nSPS) is 37.9. The summed E-state index contributed by atoms with van der Waals surface area (Å²) >= 11 is 0. The van der Waals surface area contributed by atoms with Gasteiger partial charge in [-0.05, 0) is 33.1 Å². The first-order chi connectivity index (χ1) is 9.55. The maximum absolute atomic E-state index is 11.8. The quantitative estimate of drug-likeness (QED) is 0.744. The van der Waals surface area contributed by atoms with Crippen molar-refractivity contribution in [3.8, 4) is 0 Å². The maximum atomic E-state index is 11.8. The molecule has 0 aromatic carbocycles. The van der Waals surface area contributed by atoms with Gasteiger partial charge in [0.25, 0.3) is 0 Å². The molecule has 0 aromatic heterocycles. The smallest absolute Gasteiger partial charge is 0.308 e. The van der Waals surface area contributed by atoms with Gasteiger partial charge >= 0.3 is 5.97 Å². The van der Waals surface area contributed by atoms with Crippen molar-refractivity contribution in [2.24, 2.45) is 5.92 Å². The van der Waals surface area contributed by atoms with E-state index in [0.717, 1.165) is 25.7 Å². The highest BCUT2D eigenvalue weighted by Gasteiger charge is 2.40. The van der Waals surface area contributed by atoms with Gasteiger partial charge in [-0.1, -0.05) is 6.42 Å². The molecule has 1 aliphatic heterocycles. The molecule has 1 saturated carbocycles. The van der Waals surface area contributed by atoms with Crippen LogP contribution in [0.1, 0.15) is 46.0 Å². The number of aliphatic hydroxyl groups is 1. The van der Waals surface area contributed by atoms with E-state index >= 15 is 0 Å². The van der Waals surface area contributed by atoms with Crippen molar-refractivity contribution in [3.63, 3.8) is 0 Å². The zero-order valence-corrected chi connectivity index (χ0v) is 12.6. The molecule has 116 valence electrons. The van der Waals surface area contributed by atoms with Gasteiger partial charge in [0.1, 0.15) is 5.60 Å². The molecule has 1 aliphatic carbocycles. The van der Waals surface area contributed by atoms with Gasteiger partial charge in [0.2, 0.25) is 0 Å². The van der Waals surface area contributed by atoms with Crippen molar-refractivity contribution >= 4 is 5.97 Å². The van der Waals surface area contributed by atoms with Crippen LogP contribution >= 0.6 is 0 Å². The summed E-state index contributed by atoms with van der Waals surface area (Å²) in [5.41, 5.74) is -0.767. The van der Waals surface area contributed by atoms with Gasteiger partial charge in [-0.2, -0.15) is 0 Å². The van der Waals surface area contributed by atoms with E-state index in [-0.39, 0.29) is 24.0 Å². The molecule has 4 atom stereocenters. The third-order valence-electron chi connectivity index (χ3n) is 4.65. The fourth-order valence-electron chi connectivity index (χ4n) is 3.17. The molecule has 0 spiro atoms. The molecule has 2 fully saturated rings. The van der Waals surface area contributed by atoms with Crippen molar-refractivity contribution < 1.29 is 19.4 Å². The summed E-state index contributed by atoms with van der Waals surface area (Å²) in [7, 11) is 0. The number of ether oxygens (including phenoxy) is 2. The topological polar surface area (TPSA) is 67.8 Å². The molecule has 5 heteroatoms. The Labute approximate surface area is 121 Å². The second-order valence-corrected chi connectivity index (χ2v) is 6.06. The highest BCUT2D eigenvalue weighted by molar-refractivity contribution is 5.72. The molecule has 0 bridgehead atoms. The predicted octanol–water partition coefficient (Wildman–Crippen LogP) is 1.24. The summed E-state index contributed by atoms with van der Waals surface area (Å²) in [6.07, 6.45) is 4.37. The van der Waals surface area contributed by atoms with Crippen LogP contribution in [0.15, 0.2) is 0 Å². The molecular weight excluding hydrogens is 258 g/mol. The fourth-order valence-corrected chi connectivity index (χ4v) is 3.17. The van der Waals surface area contributed by atoms with E-state index in [0.29, 0.717) is 26.2 Å². The average Bonchev–Trinajstić information content (AvgIpc) is 2.78. The Morgan fingerprint density at radius 2 is 2.30 bits per heavy atom. The summed E-state index contributed by atoms with van der Waals surface area (Å²) < 4.78 is 10.5. The number of hydrogen-bond donors (Lipinski definition) is 2. The van der Waals surface area contributed by atoms with Gasteiger partial charge in [-0.15, -0.1) is 0 Å². The molecule has 1 heterocycles. The maximum Gasteiger partial charge on any atom is 0.308 e. The molecule has 0 radical (unpaired) electrons. The predicted molar refractivity (Wildman–Crippen MR) is 75.4 cm³/mol. The van der Waals surface area contributed by atoms with E-state index in [4.69, 9.17) is 9.47 Å². The van der Waals surface area contributed by atoms with Crippen molar-refractivity contribution in [2.75, 3.05) is 19.8 Å². The second-order valence-electron chi connectivity index (χ2n) is 6.06. The molecule has 2 rings (SSSR count). The molecular formula is C15H27NO4. The Hall–Kier alpha value is -0.650. The van der Waals surface area contributed by atoms with Gasteiger partial charge in [0.15, 0.2) is 0 Å². The highest BCUT2D eigenvalue weighted by Crippen LogP contribution is 2.28. The van der Waals surface area contributed by atoms with Crippen LogP contribution < -0.4 is 5.32 Å². The first kappa shape index (κ1) is 15.7. The van der Waals surface area contributed by atoms with E-state index in [1.165, 1.54) is 0 Å². The summed E-state index contributed by atoms with van der Waals surface area (Å²) in [5, 5.41) is 13.9. The van der Waals surface area contributed by atoms with Crippen LogP contribution in [0, 0.1) is 5.92 Å². The molecule has 4 unspecified atom stereocenters. The summed E-state index contributed by atoms with van der Waals surface area (Å²) in [6, 6.07) is 0.287. The van der Waals surface area contributed by atoms with Gasteiger partial charge in [-0.3, -0.25) is 4.79 Å². The lowest BCUT2D eigenvalue weighted by Crippen LogP contribution is -2.49. The lowest BCUT2D eigenvalue weighted by Gasteiger charge is -2.32. The van der Waals surface area contributed by atoms with Gasteiger partial charge in [0.05, 0.1) is 18.6 Å².